The number of rotatable bonds is 5. The molecule has 1 aromatic carbocycles. The van der Waals surface area contributed by atoms with Crippen molar-refractivity contribution in [1.29, 1.82) is 0 Å². The number of aromatic nitrogens is 5. The van der Waals surface area contributed by atoms with Gasteiger partial charge in [-0.1, -0.05) is 37.2 Å². The zero-order valence-electron chi connectivity index (χ0n) is 19.6. The fraction of sp³-hybridized carbons (Fsp3) is 0.240. The SMILES string of the molecule is Cc1cccc(-c2nc(C(C)C)no2)c1NC(=O)c1cc(-c2cccs2)nc2c1c(C)nn2C. The second-order valence-corrected chi connectivity index (χ2v) is 9.45. The first-order chi connectivity index (χ1) is 16.3. The summed E-state index contributed by atoms with van der Waals surface area (Å²) in [6.45, 7) is 7.83. The highest BCUT2D eigenvalue weighted by atomic mass is 32.1. The molecule has 9 heteroatoms. The molecule has 0 fully saturated rings. The van der Waals surface area contributed by atoms with Crippen molar-refractivity contribution in [2.75, 3.05) is 5.32 Å². The molecule has 5 rings (SSSR count). The number of nitrogens with one attached hydrogen (secondary N) is 1. The minimum absolute atomic E-state index is 0.134. The van der Waals surface area contributed by atoms with Gasteiger partial charge in [-0.15, -0.1) is 11.3 Å². The topological polar surface area (TPSA) is 98.7 Å². The molecular formula is C25H24N6O2S. The number of carbonyl (C=O) groups excluding carboxylic acids is 1. The van der Waals surface area contributed by atoms with Crippen LogP contribution in [-0.2, 0) is 7.05 Å². The molecule has 0 spiro atoms. The van der Waals surface area contributed by atoms with Gasteiger partial charge in [-0.2, -0.15) is 10.1 Å². The second kappa shape index (κ2) is 8.49. The van der Waals surface area contributed by atoms with E-state index in [0.29, 0.717) is 34.2 Å². The summed E-state index contributed by atoms with van der Waals surface area (Å²) in [5, 5.41) is 14.4. The van der Waals surface area contributed by atoms with Crippen LogP contribution in [0, 0.1) is 13.8 Å². The van der Waals surface area contributed by atoms with Gasteiger partial charge >= 0.3 is 0 Å². The van der Waals surface area contributed by atoms with Gasteiger partial charge in [0, 0.05) is 13.0 Å². The Morgan fingerprint density at radius 3 is 2.68 bits per heavy atom. The van der Waals surface area contributed by atoms with Gasteiger partial charge in [0.25, 0.3) is 11.8 Å². The van der Waals surface area contributed by atoms with Gasteiger partial charge in [-0.25, -0.2) is 4.98 Å². The summed E-state index contributed by atoms with van der Waals surface area (Å²) in [5.41, 5.74) is 4.87. The van der Waals surface area contributed by atoms with E-state index in [1.54, 1.807) is 16.0 Å². The Bertz CT molecular complexity index is 1510. The van der Waals surface area contributed by atoms with Crippen LogP contribution >= 0.6 is 11.3 Å². The number of benzene rings is 1. The zero-order valence-corrected chi connectivity index (χ0v) is 20.4. The summed E-state index contributed by atoms with van der Waals surface area (Å²) in [6, 6.07) is 11.5. The van der Waals surface area contributed by atoms with Crippen molar-refractivity contribution in [2.45, 2.75) is 33.6 Å². The van der Waals surface area contributed by atoms with E-state index in [1.807, 2.05) is 76.5 Å². The van der Waals surface area contributed by atoms with Crippen molar-refractivity contribution in [3.63, 3.8) is 0 Å². The van der Waals surface area contributed by atoms with Crippen LogP contribution in [0.2, 0.25) is 0 Å². The highest BCUT2D eigenvalue weighted by Gasteiger charge is 2.22. The van der Waals surface area contributed by atoms with Crippen LogP contribution < -0.4 is 5.32 Å². The first kappa shape index (κ1) is 22.0. The molecule has 4 aromatic heterocycles. The number of hydrogen-bond donors (Lipinski definition) is 1. The number of para-hydroxylation sites is 1. The summed E-state index contributed by atoms with van der Waals surface area (Å²) < 4.78 is 7.23. The molecule has 1 amide bonds. The van der Waals surface area contributed by atoms with E-state index in [9.17, 15) is 4.79 Å². The molecule has 5 aromatic rings. The van der Waals surface area contributed by atoms with E-state index in [0.717, 1.165) is 27.2 Å². The Hall–Kier alpha value is -3.85. The Labute approximate surface area is 200 Å². The third-order valence-electron chi connectivity index (χ3n) is 5.69. The van der Waals surface area contributed by atoms with Crippen LogP contribution in [0.25, 0.3) is 33.1 Å². The molecule has 0 bridgehead atoms. The summed E-state index contributed by atoms with van der Waals surface area (Å²) in [5.74, 6) is 0.880. The van der Waals surface area contributed by atoms with E-state index in [2.05, 4.69) is 20.6 Å². The number of carbonyl (C=O) groups is 1. The molecule has 0 radical (unpaired) electrons. The van der Waals surface area contributed by atoms with E-state index in [-0.39, 0.29) is 11.8 Å². The maximum absolute atomic E-state index is 13.7. The van der Waals surface area contributed by atoms with Crippen LogP contribution in [0.1, 0.15) is 47.2 Å². The van der Waals surface area contributed by atoms with Gasteiger partial charge in [-0.05, 0) is 43.0 Å². The molecule has 34 heavy (non-hydrogen) atoms. The van der Waals surface area contributed by atoms with Crippen molar-refractivity contribution < 1.29 is 9.32 Å². The number of thiophene rings is 1. The lowest BCUT2D eigenvalue weighted by Crippen LogP contribution is -2.15. The van der Waals surface area contributed by atoms with Gasteiger partial charge in [0.1, 0.15) is 0 Å². The number of hydrogen-bond acceptors (Lipinski definition) is 7. The lowest BCUT2D eigenvalue weighted by atomic mass is 10.1. The largest absolute Gasteiger partial charge is 0.334 e. The summed E-state index contributed by atoms with van der Waals surface area (Å²) in [7, 11) is 1.84. The van der Waals surface area contributed by atoms with Crippen LogP contribution in [0.4, 0.5) is 5.69 Å². The van der Waals surface area contributed by atoms with Crippen molar-refractivity contribution >= 4 is 34.0 Å². The number of amides is 1. The molecule has 8 nitrogen and oxygen atoms in total. The average Bonchev–Trinajstić information content (AvgIpc) is 3.56. The van der Waals surface area contributed by atoms with Crippen molar-refractivity contribution in [3.8, 4) is 22.0 Å². The van der Waals surface area contributed by atoms with Crippen LogP contribution in [-0.4, -0.2) is 30.8 Å². The zero-order chi connectivity index (χ0) is 24.0. The minimum Gasteiger partial charge on any atom is -0.334 e. The summed E-state index contributed by atoms with van der Waals surface area (Å²) >= 11 is 1.58. The molecule has 0 atom stereocenters. The molecule has 172 valence electrons. The highest BCUT2D eigenvalue weighted by molar-refractivity contribution is 7.13. The normalized spacial score (nSPS) is 11.5. The van der Waals surface area contributed by atoms with Gasteiger partial charge in [0.15, 0.2) is 11.5 Å². The number of anilines is 1. The molecule has 0 unspecified atom stereocenters. The molecule has 1 N–H and O–H groups in total. The number of nitrogens with zero attached hydrogens (tertiary/aromatic N) is 5. The summed E-state index contributed by atoms with van der Waals surface area (Å²) in [6.07, 6.45) is 0. The van der Waals surface area contributed by atoms with E-state index in [1.165, 1.54) is 0 Å². The Morgan fingerprint density at radius 2 is 1.97 bits per heavy atom. The van der Waals surface area contributed by atoms with Crippen LogP contribution in [0.5, 0.6) is 0 Å². The van der Waals surface area contributed by atoms with Gasteiger partial charge in [-0.3, -0.25) is 9.48 Å². The molecule has 0 aliphatic heterocycles. The van der Waals surface area contributed by atoms with Gasteiger partial charge < -0.3 is 9.84 Å². The van der Waals surface area contributed by atoms with Gasteiger partial charge in [0.05, 0.1) is 38.5 Å². The third kappa shape index (κ3) is 3.77. The van der Waals surface area contributed by atoms with E-state index >= 15 is 0 Å². The molecular weight excluding hydrogens is 448 g/mol. The second-order valence-electron chi connectivity index (χ2n) is 8.50. The number of aryl methyl sites for hydroxylation is 3. The lowest BCUT2D eigenvalue weighted by Gasteiger charge is -2.13. The van der Waals surface area contributed by atoms with E-state index in [4.69, 9.17) is 9.51 Å². The summed E-state index contributed by atoms with van der Waals surface area (Å²) in [4.78, 5) is 24.0. The maximum Gasteiger partial charge on any atom is 0.260 e. The van der Waals surface area contributed by atoms with Crippen molar-refractivity contribution in [3.05, 3.63) is 64.4 Å². The Morgan fingerprint density at radius 1 is 1.15 bits per heavy atom. The fourth-order valence-electron chi connectivity index (χ4n) is 3.95. The smallest absolute Gasteiger partial charge is 0.260 e. The quantitative estimate of drug-likeness (QED) is 0.350. The molecule has 0 saturated heterocycles. The first-order valence-electron chi connectivity index (χ1n) is 11.0. The van der Waals surface area contributed by atoms with Gasteiger partial charge in [0.2, 0.25) is 0 Å². The standard InChI is InChI=1S/C25H24N6O2S/c1-13(2)22-28-25(33-30-22)16-9-6-8-14(3)21(16)27-24(32)17-12-18(19-10-7-11-34-19)26-23-20(17)15(4)29-31(23)5/h6-13H,1-5H3,(H,27,32). The maximum atomic E-state index is 13.7. The highest BCUT2D eigenvalue weighted by Crippen LogP contribution is 2.33. The van der Waals surface area contributed by atoms with Crippen LogP contribution in [0.3, 0.4) is 0 Å². The molecule has 4 heterocycles. The fourth-order valence-corrected chi connectivity index (χ4v) is 4.63. The minimum atomic E-state index is -0.250. The molecule has 0 aliphatic rings. The van der Waals surface area contributed by atoms with Crippen LogP contribution in [0.15, 0.2) is 46.3 Å². The number of fused-ring (bicyclic) bond motifs is 1. The van der Waals surface area contributed by atoms with E-state index < -0.39 is 0 Å². The Kier molecular flexibility index (Phi) is 5.49. The lowest BCUT2D eigenvalue weighted by molar-refractivity contribution is 0.102. The van der Waals surface area contributed by atoms with Crippen molar-refractivity contribution in [1.82, 2.24) is 24.9 Å². The predicted molar refractivity (Wildman–Crippen MR) is 133 cm³/mol. The first-order valence-corrected chi connectivity index (χ1v) is 11.8. The predicted octanol–water partition coefficient (Wildman–Crippen LogP) is 5.74. The van der Waals surface area contributed by atoms with Crippen molar-refractivity contribution in [2.24, 2.45) is 7.05 Å². The molecule has 0 saturated carbocycles. The third-order valence-corrected chi connectivity index (χ3v) is 6.58. The number of pyridine rings is 1. The Balaban J connectivity index is 1.61. The monoisotopic (exact) mass is 472 g/mol. The average molecular weight is 473 g/mol. The molecule has 0 aliphatic carbocycles.